The molecule has 0 aliphatic carbocycles. The molecular formula is C51H39N. The number of hydrogen-bond donors (Lipinski definition) is 0. The van der Waals surface area contributed by atoms with E-state index in [1.165, 1.54) is 78.1 Å². The second kappa shape index (κ2) is 13.0. The molecule has 0 aromatic heterocycles. The molecule has 1 heteroatoms. The van der Waals surface area contributed by atoms with Gasteiger partial charge in [-0.1, -0.05) is 178 Å². The van der Waals surface area contributed by atoms with Crippen molar-refractivity contribution in [2.45, 2.75) is 19.3 Å². The van der Waals surface area contributed by atoms with E-state index in [2.05, 4.69) is 219 Å². The summed E-state index contributed by atoms with van der Waals surface area (Å²) >= 11 is 0. The summed E-state index contributed by atoms with van der Waals surface area (Å²) in [7, 11) is 0. The molecule has 0 atom stereocenters. The van der Waals surface area contributed by atoms with Crippen LogP contribution in [0, 0.1) is 0 Å². The van der Waals surface area contributed by atoms with Gasteiger partial charge in [0, 0.05) is 11.1 Å². The van der Waals surface area contributed by atoms with Crippen LogP contribution >= 0.6 is 0 Å². The molecule has 0 saturated heterocycles. The predicted molar refractivity (Wildman–Crippen MR) is 220 cm³/mol. The second-order valence-corrected chi connectivity index (χ2v) is 14.2. The Kier molecular flexibility index (Phi) is 7.90. The largest absolute Gasteiger partial charge is 0.310 e. The molecule has 0 N–H and O–H groups in total. The quantitative estimate of drug-likeness (QED) is 0.171. The lowest BCUT2D eigenvalue weighted by Gasteiger charge is -2.42. The number of anilines is 3. The van der Waals surface area contributed by atoms with Gasteiger partial charge >= 0.3 is 0 Å². The highest BCUT2D eigenvalue weighted by molar-refractivity contribution is 5.89. The monoisotopic (exact) mass is 665 g/mol. The molecule has 52 heavy (non-hydrogen) atoms. The zero-order chi connectivity index (χ0) is 35.1. The van der Waals surface area contributed by atoms with Crippen molar-refractivity contribution in [1.82, 2.24) is 0 Å². The van der Waals surface area contributed by atoms with E-state index < -0.39 is 0 Å². The molecule has 1 nitrogen and oxygen atoms in total. The molecule has 8 aromatic rings. The zero-order valence-corrected chi connectivity index (χ0v) is 29.5. The third-order valence-corrected chi connectivity index (χ3v) is 10.7. The van der Waals surface area contributed by atoms with Crippen LogP contribution in [-0.2, 0) is 5.41 Å². The van der Waals surface area contributed by atoms with Crippen molar-refractivity contribution in [3.63, 3.8) is 0 Å². The minimum atomic E-state index is -0.245. The normalized spacial score (nSPS) is 12.9. The average Bonchev–Trinajstić information content (AvgIpc) is 3.22. The number of fused-ring (bicyclic) bond motifs is 2. The van der Waals surface area contributed by atoms with Gasteiger partial charge in [0.1, 0.15) is 0 Å². The molecule has 8 aromatic carbocycles. The summed E-state index contributed by atoms with van der Waals surface area (Å²) in [6.45, 7) is 4.76. The molecule has 0 fully saturated rings. The number of hydrogen-bond acceptors (Lipinski definition) is 1. The Bertz CT molecular complexity index is 2340. The summed E-state index contributed by atoms with van der Waals surface area (Å²) in [6.07, 6.45) is 0. The van der Waals surface area contributed by atoms with Gasteiger partial charge in [0.05, 0.1) is 11.4 Å². The lowest BCUT2D eigenvalue weighted by Crippen LogP contribution is -2.30. The molecule has 1 aliphatic rings. The molecule has 0 saturated carbocycles. The van der Waals surface area contributed by atoms with Crippen molar-refractivity contribution in [3.05, 3.63) is 211 Å². The van der Waals surface area contributed by atoms with Gasteiger partial charge in [-0.3, -0.25) is 0 Å². The molecule has 1 aliphatic heterocycles. The van der Waals surface area contributed by atoms with Crippen LogP contribution in [0.15, 0.2) is 200 Å². The number of rotatable bonds is 6. The highest BCUT2D eigenvalue weighted by Crippen LogP contribution is 2.53. The number of nitrogens with zero attached hydrogens (tertiary/aromatic N) is 1. The molecule has 9 rings (SSSR count). The highest BCUT2D eigenvalue weighted by atomic mass is 15.2. The van der Waals surface area contributed by atoms with Crippen molar-refractivity contribution < 1.29 is 0 Å². The van der Waals surface area contributed by atoms with Crippen molar-refractivity contribution >= 4 is 17.1 Å². The van der Waals surface area contributed by atoms with Gasteiger partial charge in [0.25, 0.3) is 0 Å². The van der Waals surface area contributed by atoms with Crippen LogP contribution in [0.25, 0.3) is 55.6 Å². The van der Waals surface area contributed by atoms with Gasteiger partial charge < -0.3 is 4.90 Å². The molecular weight excluding hydrogens is 627 g/mol. The standard InChI is InChI=1S/C51H39N/c1-51(2)47-34-44(42-22-18-39(19-23-42)36-12-6-3-7-13-36)28-32-49(47)52(46-30-26-41(27-31-46)38-16-10-5-11-17-38)50-33-29-45(35-48(50)51)43-24-20-40(21-25-43)37-14-8-4-9-15-37/h3-35H,1-2H3. The van der Waals surface area contributed by atoms with Crippen molar-refractivity contribution in [2.75, 3.05) is 4.90 Å². The van der Waals surface area contributed by atoms with Crippen LogP contribution in [0.4, 0.5) is 17.1 Å². The van der Waals surface area contributed by atoms with Crippen LogP contribution in [-0.4, -0.2) is 0 Å². The summed E-state index contributed by atoms with van der Waals surface area (Å²) < 4.78 is 0. The van der Waals surface area contributed by atoms with Crippen LogP contribution in [0.3, 0.4) is 0 Å². The van der Waals surface area contributed by atoms with Crippen molar-refractivity contribution in [3.8, 4) is 55.6 Å². The smallest absolute Gasteiger partial charge is 0.0503 e. The fourth-order valence-corrected chi connectivity index (χ4v) is 7.78. The number of benzene rings is 8. The van der Waals surface area contributed by atoms with Crippen molar-refractivity contribution in [1.29, 1.82) is 0 Å². The first kappa shape index (κ1) is 31.5. The van der Waals surface area contributed by atoms with E-state index in [1.807, 2.05) is 0 Å². The molecule has 1 heterocycles. The molecule has 0 bridgehead atoms. The maximum Gasteiger partial charge on any atom is 0.0503 e. The SMILES string of the molecule is CC1(C)c2cc(-c3ccc(-c4ccccc4)cc3)ccc2N(c2ccc(-c3ccccc3)cc2)c2ccc(-c3ccc(-c4ccccc4)cc3)cc21. The Balaban J connectivity index is 1.15. The van der Waals surface area contributed by atoms with Crippen LogP contribution in [0.1, 0.15) is 25.0 Å². The minimum absolute atomic E-state index is 0.245. The van der Waals surface area contributed by atoms with Crippen LogP contribution in [0.2, 0.25) is 0 Å². The van der Waals surface area contributed by atoms with E-state index in [9.17, 15) is 0 Å². The Morgan fingerprint density at radius 3 is 0.904 bits per heavy atom. The van der Waals surface area contributed by atoms with E-state index >= 15 is 0 Å². The van der Waals surface area contributed by atoms with E-state index in [-0.39, 0.29) is 5.41 Å². The Labute approximate surface area is 307 Å². The molecule has 0 amide bonds. The van der Waals surface area contributed by atoms with Crippen LogP contribution < -0.4 is 4.90 Å². The maximum atomic E-state index is 2.45. The minimum Gasteiger partial charge on any atom is -0.310 e. The van der Waals surface area contributed by atoms with Gasteiger partial charge in [-0.2, -0.15) is 0 Å². The summed E-state index contributed by atoms with van der Waals surface area (Å²) in [6, 6.07) is 72.8. The molecule has 0 spiro atoms. The summed E-state index contributed by atoms with van der Waals surface area (Å²) in [5.74, 6) is 0. The van der Waals surface area contributed by atoms with E-state index in [0.29, 0.717) is 0 Å². The first-order valence-electron chi connectivity index (χ1n) is 18.1. The van der Waals surface area contributed by atoms with E-state index in [0.717, 1.165) is 5.69 Å². The lowest BCUT2D eigenvalue weighted by atomic mass is 9.72. The van der Waals surface area contributed by atoms with Gasteiger partial charge in [-0.25, -0.2) is 0 Å². The average molecular weight is 666 g/mol. The maximum absolute atomic E-state index is 2.45. The highest BCUT2D eigenvalue weighted by Gasteiger charge is 2.37. The van der Waals surface area contributed by atoms with E-state index in [4.69, 9.17) is 0 Å². The molecule has 0 unspecified atom stereocenters. The zero-order valence-electron chi connectivity index (χ0n) is 29.5. The summed E-state index contributed by atoms with van der Waals surface area (Å²) in [5, 5.41) is 0. The van der Waals surface area contributed by atoms with Gasteiger partial charge in [0.15, 0.2) is 0 Å². The second-order valence-electron chi connectivity index (χ2n) is 14.2. The molecule has 248 valence electrons. The Morgan fingerprint density at radius 2 is 0.558 bits per heavy atom. The first-order chi connectivity index (χ1) is 25.5. The predicted octanol–water partition coefficient (Wildman–Crippen LogP) is 14.1. The van der Waals surface area contributed by atoms with Crippen molar-refractivity contribution in [2.24, 2.45) is 0 Å². The summed E-state index contributed by atoms with van der Waals surface area (Å²) in [5.41, 5.74) is 18.2. The van der Waals surface area contributed by atoms with Crippen LogP contribution in [0.5, 0.6) is 0 Å². The van der Waals surface area contributed by atoms with Gasteiger partial charge in [-0.15, -0.1) is 0 Å². The fraction of sp³-hybridized carbons (Fsp3) is 0.0588. The van der Waals surface area contributed by atoms with Gasteiger partial charge in [0.2, 0.25) is 0 Å². The first-order valence-corrected chi connectivity index (χ1v) is 18.1. The summed E-state index contributed by atoms with van der Waals surface area (Å²) in [4.78, 5) is 2.45. The lowest BCUT2D eigenvalue weighted by molar-refractivity contribution is 0.632. The fourth-order valence-electron chi connectivity index (χ4n) is 7.78. The topological polar surface area (TPSA) is 3.24 Å². The Hall–Kier alpha value is -6.44. The van der Waals surface area contributed by atoms with Gasteiger partial charge in [-0.05, 0) is 103 Å². The molecule has 0 radical (unpaired) electrons. The Morgan fingerprint density at radius 1 is 0.288 bits per heavy atom. The van der Waals surface area contributed by atoms with E-state index in [1.54, 1.807) is 0 Å². The third kappa shape index (κ3) is 5.71. The third-order valence-electron chi connectivity index (χ3n) is 10.7.